The highest BCUT2D eigenvalue weighted by atomic mass is 35.5. The molecule has 0 unspecified atom stereocenters. The van der Waals surface area contributed by atoms with E-state index in [0.29, 0.717) is 5.75 Å². The van der Waals surface area contributed by atoms with Crippen LogP contribution in [0.15, 0.2) is 30.3 Å². The fourth-order valence-corrected chi connectivity index (χ4v) is 0.754. The van der Waals surface area contributed by atoms with Crippen molar-refractivity contribution in [1.82, 2.24) is 0 Å². The lowest BCUT2D eigenvalue weighted by Gasteiger charge is -2.09. The monoisotopic (exact) mass is 202 g/mol. The van der Waals surface area contributed by atoms with E-state index in [0.717, 1.165) is 0 Å². The van der Waals surface area contributed by atoms with Gasteiger partial charge in [-0.1, -0.05) is 18.2 Å². The van der Waals surface area contributed by atoms with E-state index in [9.17, 15) is 4.79 Å². The second-order valence-electron chi connectivity index (χ2n) is 2.41. The van der Waals surface area contributed by atoms with Crippen LogP contribution in [0.2, 0.25) is 0 Å². The average molecular weight is 203 g/mol. The summed E-state index contributed by atoms with van der Waals surface area (Å²) >= 11 is 0. The Morgan fingerprint density at radius 1 is 1.38 bits per heavy atom. The summed E-state index contributed by atoms with van der Waals surface area (Å²) in [5.41, 5.74) is 0. The Balaban J connectivity index is 0.00000144. The Morgan fingerprint density at radius 3 is 2.38 bits per heavy atom. The summed E-state index contributed by atoms with van der Waals surface area (Å²) in [7, 11) is 0. The molecule has 0 fully saturated rings. The highest BCUT2D eigenvalue weighted by molar-refractivity contribution is 5.85. The predicted molar refractivity (Wildman–Crippen MR) is 51.4 cm³/mol. The summed E-state index contributed by atoms with van der Waals surface area (Å²) in [5, 5.41) is 8.52. The van der Waals surface area contributed by atoms with E-state index in [2.05, 4.69) is 0 Å². The van der Waals surface area contributed by atoms with Gasteiger partial charge in [0.2, 0.25) is 0 Å². The van der Waals surface area contributed by atoms with Gasteiger partial charge in [0, 0.05) is 0 Å². The van der Waals surface area contributed by atoms with Gasteiger partial charge in [-0.3, -0.25) is 0 Å². The molecular formula is C9H11ClO3. The number of carboxylic acid groups (broad SMARTS) is 1. The van der Waals surface area contributed by atoms with Crippen molar-refractivity contribution < 1.29 is 14.6 Å². The summed E-state index contributed by atoms with van der Waals surface area (Å²) in [6.07, 6.45) is -0.799. The Hall–Kier alpha value is -1.22. The molecule has 0 bridgehead atoms. The summed E-state index contributed by atoms with van der Waals surface area (Å²) in [5.74, 6) is -0.383. The average Bonchev–Trinajstić information content (AvgIpc) is 2.06. The molecule has 0 amide bonds. The van der Waals surface area contributed by atoms with E-state index in [4.69, 9.17) is 9.84 Å². The van der Waals surface area contributed by atoms with Gasteiger partial charge in [0.1, 0.15) is 5.75 Å². The van der Waals surface area contributed by atoms with Crippen molar-refractivity contribution in [1.29, 1.82) is 0 Å². The molecule has 0 heterocycles. The number of hydrogen-bond acceptors (Lipinski definition) is 2. The van der Waals surface area contributed by atoms with Crippen LogP contribution in [-0.4, -0.2) is 17.2 Å². The number of carboxylic acids is 1. The van der Waals surface area contributed by atoms with Crippen LogP contribution in [0.3, 0.4) is 0 Å². The third kappa shape index (κ3) is 3.80. The van der Waals surface area contributed by atoms with E-state index in [-0.39, 0.29) is 12.4 Å². The number of halogens is 1. The molecule has 0 aliphatic heterocycles. The molecule has 3 nitrogen and oxygen atoms in total. The molecule has 1 atom stereocenters. The van der Waals surface area contributed by atoms with Crippen molar-refractivity contribution in [3.05, 3.63) is 30.3 Å². The van der Waals surface area contributed by atoms with Crippen molar-refractivity contribution in [3.8, 4) is 5.75 Å². The summed E-state index contributed by atoms with van der Waals surface area (Å²) in [6, 6.07) is 8.88. The van der Waals surface area contributed by atoms with Crippen molar-refractivity contribution in [2.24, 2.45) is 0 Å². The van der Waals surface area contributed by atoms with E-state index in [1.54, 1.807) is 24.3 Å². The van der Waals surface area contributed by atoms with Gasteiger partial charge in [0.25, 0.3) is 0 Å². The zero-order chi connectivity index (χ0) is 8.97. The maximum Gasteiger partial charge on any atom is 0.344 e. The second-order valence-corrected chi connectivity index (χ2v) is 2.41. The molecule has 4 heteroatoms. The minimum atomic E-state index is -0.959. The molecule has 0 radical (unpaired) electrons. The van der Waals surface area contributed by atoms with Gasteiger partial charge in [-0.25, -0.2) is 4.79 Å². The van der Waals surface area contributed by atoms with Gasteiger partial charge in [-0.05, 0) is 19.1 Å². The third-order valence-electron chi connectivity index (χ3n) is 1.40. The van der Waals surface area contributed by atoms with Gasteiger partial charge >= 0.3 is 5.97 Å². The molecule has 0 aliphatic rings. The van der Waals surface area contributed by atoms with Crippen molar-refractivity contribution in [3.63, 3.8) is 0 Å². The van der Waals surface area contributed by atoms with Crippen molar-refractivity contribution in [2.45, 2.75) is 13.0 Å². The number of para-hydroxylation sites is 1. The fraction of sp³-hybridized carbons (Fsp3) is 0.222. The largest absolute Gasteiger partial charge is 0.479 e. The molecule has 72 valence electrons. The van der Waals surface area contributed by atoms with Crippen LogP contribution in [-0.2, 0) is 4.79 Å². The smallest absolute Gasteiger partial charge is 0.344 e. The lowest BCUT2D eigenvalue weighted by Crippen LogP contribution is -2.22. The van der Waals surface area contributed by atoms with Gasteiger partial charge in [-0.2, -0.15) is 0 Å². The lowest BCUT2D eigenvalue weighted by molar-refractivity contribution is -0.144. The Bertz CT molecular complexity index is 261. The van der Waals surface area contributed by atoms with Crippen LogP contribution in [0.1, 0.15) is 6.92 Å². The quantitative estimate of drug-likeness (QED) is 0.815. The molecule has 13 heavy (non-hydrogen) atoms. The number of carbonyl (C=O) groups is 1. The van der Waals surface area contributed by atoms with E-state index in [1.807, 2.05) is 6.07 Å². The minimum absolute atomic E-state index is 0. The fourth-order valence-electron chi connectivity index (χ4n) is 0.754. The first-order valence-electron chi connectivity index (χ1n) is 3.64. The Morgan fingerprint density at radius 2 is 1.92 bits per heavy atom. The third-order valence-corrected chi connectivity index (χ3v) is 1.40. The van der Waals surface area contributed by atoms with E-state index in [1.165, 1.54) is 6.92 Å². The van der Waals surface area contributed by atoms with Crippen LogP contribution in [0.5, 0.6) is 5.75 Å². The topological polar surface area (TPSA) is 46.5 Å². The molecule has 0 saturated carbocycles. The van der Waals surface area contributed by atoms with E-state index >= 15 is 0 Å². The molecule has 1 aromatic rings. The predicted octanol–water partition coefficient (Wildman–Crippen LogP) is 1.96. The summed E-state index contributed by atoms with van der Waals surface area (Å²) in [6.45, 7) is 1.50. The first kappa shape index (κ1) is 11.8. The maximum absolute atomic E-state index is 10.4. The molecule has 0 saturated heterocycles. The number of aliphatic carboxylic acids is 1. The zero-order valence-electron chi connectivity index (χ0n) is 7.14. The van der Waals surface area contributed by atoms with Gasteiger partial charge < -0.3 is 9.84 Å². The number of ether oxygens (including phenoxy) is 1. The first-order chi connectivity index (χ1) is 5.70. The molecular weight excluding hydrogens is 192 g/mol. The standard InChI is InChI=1S/C9H10O3.ClH/c1-7(9(10)11)12-8-5-3-2-4-6-8;/h2-7H,1H3,(H,10,11);1H/t7-;/m0./s1. The summed E-state index contributed by atoms with van der Waals surface area (Å²) < 4.78 is 5.08. The zero-order valence-corrected chi connectivity index (χ0v) is 7.95. The van der Waals surface area contributed by atoms with Crippen LogP contribution < -0.4 is 4.74 Å². The highest BCUT2D eigenvalue weighted by Gasteiger charge is 2.11. The van der Waals surface area contributed by atoms with E-state index < -0.39 is 12.1 Å². The van der Waals surface area contributed by atoms with Crippen LogP contribution in [0.25, 0.3) is 0 Å². The molecule has 0 aliphatic carbocycles. The highest BCUT2D eigenvalue weighted by Crippen LogP contribution is 2.10. The van der Waals surface area contributed by atoms with Gasteiger partial charge in [0.05, 0.1) is 0 Å². The molecule has 1 N–H and O–H groups in total. The molecule has 1 aromatic carbocycles. The van der Waals surface area contributed by atoms with Crippen molar-refractivity contribution in [2.75, 3.05) is 0 Å². The Kier molecular flexibility index (Phi) is 4.92. The van der Waals surface area contributed by atoms with Crippen LogP contribution >= 0.6 is 12.4 Å². The number of benzene rings is 1. The van der Waals surface area contributed by atoms with Crippen LogP contribution in [0, 0.1) is 0 Å². The van der Waals surface area contributed by atoms with Gasteiger partial charge in [-0.15, -0.1) is 12.4 Å². The second kappa shape index (κ2) is 5.43. The number of hydrogen-bond donors (Lipinski definition) is 1. The lowest BCUT2D eigenvalue weighted by atomic mass is 10.3. The molecule has 0 spiro atoms. The molecule has 1 rings (SSSR count). The SMILES string of the molecule is C[C@H](Oc1ccccc1)C(=O)O.Cl. The molecule has 0 aromatic heterocycles. The Labute approximate surface area is 82.7 Å². The van der Waals surface area contributed by atoms with Crippen molar-refractivity contribution >= 4 is 18.4 Å². The first-order valence-corrected chi connectivity index (χ1v) is 3.64. The van der Waals surface area contributed by atoms with Crippen LogP contribution in [0.4, 0.5) is 0 Å². The summed E-state index contributed by atoms with van der Waals surface area (Å²) in [4.78, 5) is 10.4. The van der Waals surface area contributed by atoms with Gasteiger partial charge in [0.15, 0.2) is 6.10 Å². The number of rotatable bonds is 3. The maximum atomic E-state index is 10.4. The minimum Gasteiger partial charge on any atom is -0.479 e. The normalized spacial score (nSPS) is 11.2.